The summed E-state index contributed by atoms with van der Waals surface area (Å²) in [5, 5.41) is 0. The van der Waals surface area contributed by atoms with Gasteiger partial charge in [-0.25, -0.2) is 13.2 Å². The van der Waals surface area contributed by atoms with Crippen LogP contribution < -0.4 is 0 Å². The van der Waals surface area contributed by atoms with Gasteiger partial charge in [0.2, 0.25) is 5.63 Å². The fourth-order valence-corrected chi connectivity index (χ4v) is 0.533. The Morgan fingerprint density at radius 3 is 2.00 bits per heavy atom. The minimum atomic E-state index is -3.77. The lowest BCUT2D eigenvalue weighted by Crippen LogP contribution is -2.34. The van der Waals surface area contributed by atoms with Gasteiger partial charge in [-0.1, -0.05) is 18.5 Å². The highest BCUT2D eigenvalue weighted by atomic mass is 35.5. The van der Waals surface area contributed by atoms with E-state index in [2.05, 4.69) is 11.6 Å². The van der Waals surface area contributed by atoms with Gasteiger partial charge in [0, 0.05) is 0 Å². The monoisotopic (exact) mass is 178 g/mol. The van der Waals surface area contributed by atoms with Crippen molar-refractivity contribution < 1.29 is 17.6 Å². The number of hydrogen-bond donors (Lipinski definition) is 0. The van der Waals surface area contributed by atoms with E-state index >= 15 is 0 Å². The van der Waals surface area contributed by atoms with Gasteiger partial charge in [0.1, 0.15) is 0 Å². The smallest absolute Gasteiger partial charge is 0.251 e. The lowest BCUT2D eigenvalue weighted by Gasteiger charge is -2.20. The van der Waals surface area contributed by atoms with E-state index in [0.717, 1.165) is 6.92 Å². The summed E-state index contributed by atoms with van der Waals surface area (Å²) in [6.45, 7) is -0.380. The van der Waals surface area contributed by atoms with Crippen LogP contribution in [0.2, 0.25) is 0 Å². The van der Waals surface area contributed by atoms with Crippen molar-refractivity contribution in [2.75, 3.05) is 6.67 Å². The molecule has 0 N–H and O–H groups in total. The molecule has 2 unspecified atom stereocenters. The molecule has 0 spiro atoms. The lowest BCUT2D eigenvalue weighted by molar-refractivity contribution is -0.0911. The summed E-state index contributed by atoms with van der Waals surface area (Å²) in [5.74, 6) is -5.43. The highest BCUT2D eigenvalue weighted by Gasteiger charge is 2.44. The Morgan fingerprint density at radius 1 is 1.50 bits per heavy atom. The van der Waals surface area contributed by atoms with E-state index in [9.17, 15) is 17.6 Å². The van der Waals surface area contributed by atoms with Crippen LogP contribution in [0.1, 0.15) is 6.92 Å². The van der Waals surface area contributed by atoms with Gasteiger partial charge in [0.05, 0.1) is 12.6 Å². The largest absolute Gasteiger partial charge is 0.297 e. The van der Waals surface area contributed by atoms with Crippen molar-refractivity contribution in [1.82, 2.24) is 0 Å². The van der Waals surface area contributed by atoms with Crippen molar-refractivity contribution in [3.8, 4) is 0 Å². The Morgan fingerprint density at radius 2 is 1.90 bits per heavy atom. The van der Waals surface area contributed by atoms with Crippen molar-refractivity contribution in [3.05, 3.63) is 0 Å². The molecule has 0 aromatic carbocycles. The maximum atomic E-state index is 12.2. The minimum Gasteiger partial charge on any atom is -0.251 e. The zero-order valence-electron chi connectivity index (χ0n) is 5.25. The second-order valence-corrected chi connectivity index (χ2v) is 2.41. The molecule has 0 saturated carbocycles. The van der Waals surface area contributed by atoms with Crippen molar-refractivity contribution in [2.24, 2.45) is 5.92 Å². The highest BCUT2D eigenvalue weighted by Crippen LogP contribution is 2.32. The third-order valence-corrected chi connectivity index (χ3v) is 1.47. The van der Waals surface area contributed by atoms with Crippen molar-refractivity contribution in [3.63, 3.8) is 0 Å². The summed E-state index contributed by atoms with van der Waals surface area (Å²) in [7, 11) is 0. The molecule has 0 rings (SSSR count). The first kappa shape index (κ1) is 10.0. The van der Waals surface area contributed by atoms with Gasteiger partial charge in [-0.05, 0) is 0 Å². The molecule has 0 bridgehead atoms. The predicted octanol–water partition coefficient (Wildman–Crippen LogP) is 2.76. The predicted molar refractivity (Wildman–Crippen MR) is 30.8 cm³/mol. The molecule has 62 valence electrons. The van der Waals surface area contributed by atoms with Gasteiger partial charge in [-0.3, -0.25) is 4.39 Å². The SMILES string of the molecule is CC(CF)C(F)(F)C(F)Cl. The third kappa shape index (κ3) is 2.01. The summed E-state index contributed by atoms with van der Waals surface area (Å²) < 4.78 is 47.7. The van der Waals surface area contributed by atoms with E-state index in [-0.39, 0.29) is 0 Å². The molecule has 5 heteroatoms. The van der Waals surface area contributed by atoms with Gasteiger partial charge < -0.3 is 0 Å². The van der Waals surface area contributed by atoms with Crippen LogP contribution in [0.5, 0.6) is 0 Å². The molecule has 0 amide bonds. The maximum Gasteiger partial charge on any atom is 0.297 e. The number of alkyl halides is 5. The first-order valence-electron chi connectivity index (χ1n) is 2.64. The topological polar surface area (TPSA) is 0 Å². The van der Waals surface area contributed by atoms with Crippen LogP contribution in [0.4, 0.5) is 17.6 Å². The normalized spacial score (nSPS) is 18.6. The van der Waals surface area contributed by atoms with Gasteiger partial charge in [0.25, 0.3) is 5.92 Å². The Kier molecular flexibility index (Phi) is 3.42. The molecule has 0 aliphatic carbocycles. The maximum absolute atomic E-state index is 12.2. The summed E-state index contributed by atoms with van der Waals surface area (Å²) in [4.78, 5) is 0. The fraction of sp³-hybridized carbons (Fsp3) is 1.00. The van der Waals surface area contributed by atoms with Gasteiger partial charge in [-0.2, -0.15) is 0 Å². The molecule has 10 heavy (non-hydrogen) atoms. The molecular weight excluding hydrogens is 172 g/mol. The van der Waals surface area contributed by atoms with Gasteiger partial charge in [-0.15, -0.1) is 0 Å². The van der Waals surface area contributed by atoms with E-state index in [0.29, 0.717) is 0 Å². The summed E-state index contributed by atoms with van der Waals surface area (Å²) >= 11 is 4.46. The Hall–Kier alpha value is 0.01000. The summed E-state index contributed by atoms with van der Waals surface area (Å²) in [5.41, 5.74) is -2.81. The molecule has 0 aromatic rings. The molecule has 0 aliphatic rings. The third-order valence-electron chi connectivity index (χ3n) is 1.18. The summed E-state index contributed by atoms with van der Waals surface area (Å²) in [6.07, 6.45) is 0. The summed E-state index contributed by atoms with van der Waals surface area (Å²) in [6, 6.07) is 0. The minimum absolute atomic E-state index is 0.898. The number of rotatable bonds is 3. The standard InChI is InChI=1S/C5H7ClF4/c1-3(2-7)5(9,10)4(6)8/h3-4H,2H2,1H3. The van der Waals surface area contributed by atoms with Crippen LogP contribution >= 0.6 is 11.6 Å². The van der Waals surface area contributed by atoms with E-state index in [1.54, 1.807) is 0 Å². The first-order valence-corrected chi connectivity index (χ1v) is 3.08. The van der Waals surface area contributed by atoms with Gasteiger partial charge in [0.15, 0.2) is 0 Å². The number of hydrogen-bond acceptors (Lipinski definition) is 0. The van der Waals surface area contributed by atoms with Crippen LogP contribution in [0.15, 0.2) is 0 Å². The zero-order valence-corrected chi connectivity index (χ0v) is 6.01. The molecule has 0 saturated heterocycles. The first-order chi connectivity index (χ1) is 4.42. The highest BCUT2D eigenvalue weighted by molar-refractivity contribution is 6.20. The van der Waals surface area contributed by atoms with Crippen LogP contribution in [-0.2, 0) is 0 Å². The average molecular weight is 179 g/mol. The number of halogens is 5. The van der Waals surface area contributed by atoms with E-state index in [1.165, 1.54) is 0 Å². The van der Waals surface area contributed by atoms with Gasteiger partial charge >= 0.3 is 0 Å². The Labute approximate surface area is 61.2 Å². The van der Waals surface area contributed by atoms with Crippen molar-refractivity contribution in [1.29, 1.82) is 0 Å². The van der Waals surface area contributed by atoms with Crippen molar-refractivity contribution >= 4 is 11.6 Å². The lowest BCUT2D eigenvalue weighted by atomic mass is 10.1. The Bertz CT molecular complexity index is 104. The fourth-order valence-electron chi connectivity index (χ4n) is 0.318. The molecule has 2 atom stereocenters. The van der Waals surface area contributed by atoms with Crippen LogP contribution in [0.3, 0.4) is 0 Å². The second kappa shape index (κ2) is 3.42. The zero-order chi connectivity index (χ0) is 8.36. The quantitative estimate of drug-likeness (QED) is 0.461. The van der Waals surface area contributed by atoms with E-state index in [1.807, 2.05) is 0 Å². The van der Waals surface area contributed by atoms with Crippen molar-refractivity contribution in [2.45, 2.75) is 18.5 Å². The molecule has 0 fully saturated rings. The second-order valence-electron chi connectivity index (χ2n) is 2.03. The van der Waals surface area contributed by atoms with E-state index < -0.39 is 24.1 Å². The molecule has 0 heterocycles. The Balaban J connectivity index is 4.09. The van der Waals surface area contributed by atoms with Crippen LogP contribution in [0, 0.1) is 5.92 Å². The average Bonchev–Trinajstić information content (AvgIpc) is 1.86. The van der Waals surface area contributed by atoms with Crippen LogP contribution in [-0.4, -0.2) is 18.2 Å². The van der Waals surface area contributed by atoms with Crippen LogP contribution in [0.25, 0.3) is 0 Å². The molecule has 0 nitrogen and oxygen atoms in total. The molecule has 0 aromatic heterocycles. The molecular formula is C5H7ClF4. The molecule has 0 aliphatic heterocycles. The van der Waals surface area contributed by atoms with E-state index in [4.69, 9.17) is 0 Å². The molecule has 0 radical (unpaired) electrons.